The Morgan fingerprint density at radius 2 is 2.00 bits per heavy atom. The van der Waals surface area contributed by atoms with Crippen LogP contribution in [-0.2, 0) is 11.2 Å². The summed E-state index contributed by atoms with van der Waals surface area (Å²) in [6.07, 6.45) is 4.62. The molecule has 0 aromatic heterocycles. The van der Waals surface area contributed by atoms with Crippen molar-refractivity contribution in [2.24, 2.45) is 0 Å². The number of allylic oxidation sites excluding steroid dienone is 3. The van der Waals surface area contributed by atoms with E-state index in [2.05, 4.69) is 13.2 Å². The van der Waals surface area contributed by atoms with E-state index in [0.717, 1.165) is 6.42 Å². The summed E-state index contributed by atoms with van der Waals surface area (Å²) >= 11 is 0. The Balaban J connectivity index is 2.94. The highest BCUT2D eigenvalue weighted by Crippen LogP contribution is 2.29. The fourth-order valence-electron chi connectivity index (χ4n) is 1.96. The van der Waals surface area contributed by atoms with Crippen molar-refractivity contribution < 1.29 is 19.7 Å². The third kappa shape index (κ3) is 4.52. The molecule has 0 saturated carbocycles. The molecule has 0 atom stereocenters. The summed E-state index contributed by atoms with van der Waals surface area (Å²) in [7, 11) is 0. The van der Waals surface area contributed by atoms with Crippen LogP contribution in [0.5, 0.6) is 11.5 Å². The topological polar surface area (TPSA) is 66.8 Å². The highest BCUT2D eigenvalue weighted by atomic mass is 16.5. The molecule has 0 amide bonds. The first kappa shape index (κ1) is 17.6. The smallest absolute Gasteiger partial charge is 0.203 e. The van der Waals surface area contributed by atoms with Crippen molar-refractivity contribution in [1.29, 1.82) is 0 Å². The van der Waals surface area contributed by atoms with Gasteiger partial charge in [-0.15, -0.1) is 0 Å². The highest BCUT2D eigenvalue weighted by molar-refractivity contribution is 6.00. The van der Waals surface area contributed by atoms with Crippen LogP contribution in [0.3, 0.4) is 0 Å². The van der Waals surface area contributed by atoms with E-state index >= 15 is 0 Å². The minimum absolute atomic E-state index is 0.00834. The molecule has 0 spiro atoms. The number of aryl methyl sites for hydroxylation is 1. The first-order chi connectivity index (χ1) is 10.4. The molecule has 0 aliphatic rings. The maximum Gasteiger partial charge on any atom is 0.203 e. The molecule has 0 aliphatic heterocycles. The van der Waals surface area contributed by atoms with Gasteiger partial charge in [0.2, 0.25) is 5.78 Å². The molecule has 0 bridgehead atoms. The predicted octanol–water partition coefficient (Wildman–Crippen LogP) is 3.90. The van der Waals surface area contributed by atoms with Gasteiger partial charge < -0.3 is 14.9 Å². The molecule has 0 radical (unpaired) electrons. The summed E-state index contributed by atoms with van der Waals surface area (Å²) in [6.45, 7) is 10.8. The summed E-state index contributed by atoms with van der Waals surface area (Å²) in [5, 5.41) is 19.6. The van der Waals surface area contributed by atoms with Gasteiger partial charge in [-0.2, -0.15) is 0 Å². The number of carbonyl (C=O) groups excluding carboxylic acids is 1. The van der Waals surface area contributed by atoms with Gasteiger partial charge in [-0.1, -0.05) is 32.6 Å². The summed E-state index contributed by atoms with van der Waals surface area (Å²) < 4.78 is 5.41. The Bertz CT molecular complexity index is 612. The van der Waals surface area contributed by atoms with Crippen molar-refractivity contribution in [2.45, 2.75) is 26.7 Å². The molecule has 2 N–H and O–H groups in total. The maximum atomic E-state index is 12.2. The van der Waals surface area contributed by atoms with Crippen molar-refractivity contribution >= 4 is 5.78 Å². The van der Waals surface area contributed by atoms with Crippen LogP contribution in [0, 0.1) is 0 Å². The number of phenolic OH excluding ortho intramolecular Hbond substituents is 2. The van der Waals surface area contributed by atoms with Crippen molar-refractivity contribution in [3.8, 4) is 11.5 Å². The Morgan fingerprint density at radius 3 is 2.55 bits per heavy atom. The summed E-state index contributed by atoms with van der Waals surface area (Å²) in [5.41, 5.74) is 1.45. The number of ether oxygens (including phenoxy) is 1. The number of rotatable bonds is 8. The molecule has 1 rings (SSSR count). The maximum absolute atomic E-state index is 12.2. The lowest BCUT2D eigenvalue weighted by Crippen LogP contribution is -2.10. The number of phenols is 2. The van der Waals surface area contributed by atoms with Crippen molar-refractivity contribution in [3.05, 3.63) is 59.9 Å². The summed E-state index contributed by atoms with van der Waals surface area (Å²) in [6, 6.07) is 2.70. The molecule has 0 saturated heterocycles. The average Bonchev–Trinajstić information content (AvgIpc) is 2.45. The second kappa shape index (κ2) is 8.08. The van der Waals surface area contributed by atoms with E-state index in [1.165, 1.54) is 12.1 Å². The van der Waals surface area contributed by atoms with Crippen LogP contribution in [0.1, 0.15) is 36.2 Å². The van der Waals surface area contributed by atoms with Crippen LogP contribution in [0.15, 0.2) is 48.8 Å². The second-order valence-corrected chi connectivity index (χ2v) is 5.01. The standard InChI is InChI=1S/C18H22O4/c1-5-7-13-9-14(16(20)10-15(13)19)17(21)11-22-18(8-6-2)12(3)4/h6,8-10,19-20H,2-3,5,7,11H2,1,4H3/b18-8+. The monoisotopic (exact) mass is 302 g/mol. The van der Waals surface area contributed by atoms with E-state index in [-0.39, 0.29) is 29.5 Å². The molecule has 1 aromatic rings. The first-order valence-electron chi connectivity index (χ1n) is 7.10. The normalized spacial score (nSPS) is 11.1. The zero-order valence-corrected chi connectivity index (χ0v) is 13.1. The summed E-state index contributed by atoms with van der Waals surface area (Å²) in [4.78, 5) is 12.2. The number of benzene rings is 1. The Hall–Kier alpha value is -2.49. The quantitative estimate of drug-likeness (QED) is 0.434. The number of ketones is 1. The molecule has 0 aliphatic carbocycles. The van der Waals surface area contributed by atoms with Crippen LogP contribution in [0.25, 0.3) is 0 Å². The zero-order chi connectivity index (χ0) is 16.7. The molecule has 1 aromatic carbocycles. The van der Waals surface area contributed by atoms with Crippen LogP contribution >= 0.6 is 0 Å². The van der Waals surface area contributed by atoms with Crippen LogP contribution in [0.4, 0.5) is 0 Å². The Labute approximate surface area is 131 Å². The fraction of sp³-hybridized carbons (Fsp3) is 0.278. The van der Waals surface area contributed by atoms with E-state index in [0.29, 0.717) is 23.3 Å². The Kier molecular flexibility index (Phi) is 6.45. The molecule has 0 fully saturated rings. The number of Topliss-reactive ketones (excluding diaryl/α,β-unsaturated/α-hetero) is 1. The summed E-state index contributed by atoms with van der Waals surface area (Å²) in [5.74, 6) is -0.164. The molecule has 0 heterocycles. The van der Waals surface area contributed by atoms with E-state index in [4.69, 9.17) is 4.74 Å². The van der Waals surface area contributed by atoms with Gasteiger partial charge in [0.25, 0.3) is 0 Å². The third-order valence-electron chi connectivity index (χ3n) is 3.07. The molecule has 22 heavy (non-hydrogen) atoms. The van der Waals surface area contributed by atoms with Gasteiger partial charge in [-0.25, -0.2) is 0 Å². The largest absolute Gasteiger partial charge is 0.508 e. The minimum Gasteiger partial charge on any atom is -0.508 e. The molecule has 4 nitrogen and oxygen atoms in total. The lowest BCUT2D eigenvalue weighted by Gasteiger charge is -2.11. The van der Waals surface area contributed by atoms with E-state index in [1.807, 2.05) is 6.92 Å². The number of hydrogen-bond acceptors (Lipinski definition) is 4. The third-order valence-corrected chi connectivity index (χ3v) is 3.07. The zero-order valence-electron chi connectivity index (χ0n) is 13.1. The molecule has 118 valence electrons. The average molecular weight is 302 g/mol. The van der Waals surface area contributed by atoms with Gasteiger partial charge in [0.05, 0.1) is 5.56 Å². The first-order valence-corrected chi connectivity index (χ1v) is 7.10. The second-order valence-electron chi connectivity index (χ2n) is 5.01. The lowest BCUT2D eigenvalue weighted by molar-refractivity contribution is 0.0865. The Morgan fingerprint density at radius 1 is 1.32 bits per heavy atom. The van der Waals surface area contributed by atoms with Crippen molar-refractivity contribution in [2.75, 3.05) is 6.61 Å². The number of aromatic hydroxyl groups is 2. The van der Waals surface area contributed by atoms with Gasteiger partial charge in [0.15, 0.2) is 6.61 Å². The van der Waals surface area contributed by atoms with Crippen molar-refractivity contribution in [3.63, 3.8) is 0 Å². The molecule has 4 heteroatoms. The SMILES string of the molecule is C=C/C=C(/OCC(=O)c1cc(CCC)c(O)cc1O)C(=C)C. The number of hydrogen-bond donors (Lipinski definition) is 2. The van der Waals surface area contributed by atoms with E-state index < -0.39 is 0 Å². The van der Waals surface area contributed by atoms with Gasteiger partial charge in [-0.05, 0) is 36.6 Å². The lowest BCUT2D eigenvalue weighted by atomic mass is 10.0. The van der Waals surface area contributed by atoms with Gasteiger partial charge in [0.1, 0.15) is 17.3 Å². The molecular weight excluding hydrogens is 280 g/mol. The van der Waals surface area contributed by atoms with Crippen LogP contribution < -0.4 is 0 Å². The van der Waals surface area contributed by atoms with Crippen molar-refractivity contribution in [1.82, 2.24) is 0 Å². The van der Waals surface area contributed by atoms with Gasteiger partial charge >= 0.3 is 0 Å². The number of carbonyl (C=O) groups is 1. The molecule has 0 unspecified atom stereocenters. The predicted molar refractivity (Wildman–Crippen MR) is 87.1 cm³/mol. The van der Waals surface area contributed by atoms with Gasteiger partial charge in [-0.3, -0.25) is 4.79 Å². The fourth-order valence-corrected chi connectivity index (χ4v) is 1.96. The minimum atomic E-state index is -0.369. The molecular formula is C18H22O4. The van der Waals surface area contributed by atoms with Crippen LogP contribution in [-0.4, -0.2) is 22.6 Å². The van der Waals surface area contributed by atoms with Gasteiger partial charge in [0, 0.05) is 6.07 Å². The van der Waals surface area contributed by atoms with Crippen LogP contribution in [0.2, 0.25) is 0 Å². The van der Waals surface area contributed by atoms with E-state index in [9.17, 15) is 15.0 Å². The van der Waals surface area contributed by atoms with E-state index in [1.54, 1.807) is 19.1 Å². The highest BCUT2D eigenvalue weighted by Gasteiger charge is 2.16.